The Morgan fingerprint density at radius 1 is 1.44 bits per heavy atom. The predicted molar refractivity (Wildman–Crippen MR) is 107 cm³/mol. The van der Waals surface area contributed by atoms with Crippen molar-refractivity contribution in [1.82, 2.24) is 9.80 Å². The summed E-state index contributed by atoms with van der Waals surface area (Å²) in [5, 5.41) is 0.729. The fraction of sp³-hybridized carbons (Fsp3) is 0.421. The molecule has 1 fully saturated rings. The first-order valence-electron chi connectivity index (χ1n) is 8.75. The van der Waals surface area contributed by atoms with E-state index in [2.05, 4.69) is 23.6 Å². The van der Waals surface area contributed by atoms with Crippen molar-refractivity contribution in [3.05, 3.63) is 40.8 Å². The van der Waals surface area contributed by atoms with Gasteiger partial charge in [0, 0.05) is 0 Å². The molecule has 3 heterocycles. The van der Waals surface area contributed by atoms with Gasteiger partial charge in [0.25, 0.3) is 0 Å². The van der Waals surface area contributed by atoms with Crippen LogP contribution in [0.3, 0.4) is 0 Å². The Morgan fingerprint density at radius 3 is 3.08 bits per heavy atom. The maximum absolute atomic E-state index is 13.2. The van der Waals surface area contributed by atoms with Crippen molar-refractivity contribution in [1.29, 1.82) is 0 Å². The number of fused-ring (bicyclic) bond motifs is 1. The minimum absolute atomic E-state index is 0.0876. The van der Waals surface area contributed by atoms with Gasteiger partial charge in [-0.1, -0.05) is 0 Å². The number of carbonyl (C=O) groups excluding carboxylic acids is 1. The van der Waals surface area contributed by atoms with Crippen LogP contribution in [-0.2, 0) is 6.42 Å². The Hall–Kier alpha value is -1.53. The number of benzene rings is 1. The summed E-state index contributed by atoms with van der Waals surface area (Å²) in [5.74, 6) is 5.08. The molecule has 132 valence electrons. The standard InChI is InChI=1S/C19H23ClN3OP/c1-3-6-21-7-9-25(13-21)10-8-22(14-25)19(24)23-15(2)11-16-12-17(20)4-5-18(16)23/h1,4-5,8,10,12,15,25H,6-7,9,11,13-14H2,2H3. The second kappa shape index (κ2) is 6.32. The molecule has 1 unspecified atom stereocenters. The molecule has 1 saturated heterocycles. The first kappa shape index (κ1) is 16.9. The maximum atomic E-state index is 13.2. The van der Waals surface area contributed by atoms with Gasteiger partial charge in [0.2, 0.25) is 0 Å². The van der Waals surface area contributed by atoms with Crippen molar-refractivity contribution >= 4 is 30.6 Å². The van der Waals surface area contributed by atoms with E-state index in [4.69, 9.17) is 18.0 Å². The molecular weight excluding hydrogens is 353 g/mol. The molecular formula is C19H23ClN3OP. The minimum atomic E-state index is -1.56. The number of hydrogen-bond acceptors (Lipinski definition) is 2. The number of halogens is 1. The van der Waals surface area contributed by atoms with E-state index in [0.717, 1.165) is 41.8 Å². The van der Waals surface area contributed by atoms with E-state index < -0.39 is 7.26 Å². The fourth-order valence-corrected chi connectivity index (χ4v) is 8.69. The van der Waals surface area contributed by atoms with Crippen molar-refractivity contribution in [2.24, 2.45) is 0 Å². The SMILES string of the molecule is C#CCN1CC[PH]2(C=CN(C(=O)N3c4ccc(Cl)cc4CC3C)C2)C1. The van der Waals surface area contributed by atoms with Crippen molar-refractivity contribution in [2.45, 2.75) is 19.4 Å². The van der Waals surface area contributed by atoms with Crippen LogP contribution in [-0.4, -0.2) is 53.7 Å². The van der Waals surface area contributed by atoms with Crippen molar-refractivity contribution in [2.75, 3.05) is 36.7 Å². The molecule has 0 radical (unpaired) electrons. The third kappa shape index (κ3) is 2.95. The number of anilines is 1. The molecule has 0 aliphatic carbocycles. The van der Waals surface area contributed by atoms with Crippen LogP contribution in [0.25, 0.3) is 0 Å². The zero-order valence-corrected chi connectivity index (χ0v) is 16.2. The topological polar surface area (TPSA) is 26.8 Å². The second-order valence-electron chi connectivity index (χ2n) is 7.45. The Kier molecular flexibility index (Phi) is 4.28. The number of hydrogen-bond donors (Lipinski definition) is 0. The summed E-state index contributed by atoms with van der Waals surface area (Å²) in [6, 6.07) is 6.06. The Balaban J connectivity index is 1.50. The molecule has 2 amide bonds. The van der Waals surface area contributed by atoms with E-state index in [9.17, 15) is 4.79 Å². The van der Waals surface area contributed by atoms with Crippen LogP contribution in [0.4, 0.5) is 10.5 Å². The van der Waals surface area contributed by atoms with Crippen LogP contribution < -0.4 is 4.90 Å². The van der Waals surface area contributed by atoms with Crippen LogP contribution in [0, 0.1) is 12.3 Å². The van der Waals surface area contributed by atoms with E-state index in [1.807, 2.05) is 34.2 Å². The summed E-state index contributed by atoms with van der Waals surface area (Å²) in [7, 11) is -1.56. The summed E-state index contributed by atoms with van der Waals surface area (Å²) >= 11 is 6.11. The average Bonchev–Trinajstić information content (AvgIpc) is 3.25. The van der Waals surface area contributed by atoms with Crippen molar-refractivity contribution in [3.63, 3.8) is 0 Å². The zero-order valence-electron chi connectivity index (χ0n) is 14.4. The van der Waals surface area contributed by atoms with Crippen LogP contribution >= 0.6 is 18.9 Å². The zero-order chi connectivity index (χ0) is 17.6. The summed E-state index contributed by atoms with van der Waals surface area (Å²) in [4.78, 5) is 19.4. The van der Waals surface area contributed by atoms with Gasteiger partial charge in [-0.25, -0.2) is 0 Å². The predicted octanol–water partition coefficient (Wildman–Crippen LogP) is 3.61. The van der Waals surface area contributed by atoms with Gasteiger partial charge in [0.15, 0.2) is 0 Å². The third-order valence-corrected chi connectivity index (χ3v) is 9.94. The molecule has 3 aliphatic heterocycles. The van der Waals surface area contributed by atoms with E-state index in [1.54, 1.807) is 0 Å². The number of amides is 2. The second-order valence-corrected chi connectivity index (χ2v) is 12.1. The molecule has 1 atom stereocenters. The normalized spacial score (nSPS) is 25.4. The molecule has 1 aromatic carbocycles. The van der Waals surface area contributed by atoms with Gasteiger partial charge in [-0.05, 0) is 0 Å². The number of urea groups is 1. The van der Waals surface area contributed by atoms with Gasteiger partial charge in [0.1, 0.15) is 0 Å². The van der Waals surface area contributed by atoms with Gasteiger partial charge in [-0.3, -0.25) is 0 Å². The average molecular weight is 376 g/mol. The van der Waals surface area contributed by atoms with Crippen LogP contribution in [0.1, 0.15) is 12.5 Å². The molecule has 0 N–H and O–H groups in total. The van der Waals surface area contributed by atoms with Crippen LogP contribution in [0.2, 0.25) is 5.02 Å². The number of carbonyl (C=O) groups is 1. The number of terminal acetylenes is 1. The van der Waals surface area contributed by atoms with Crippen LogP contribution in [0.15, 0.2) is 30.2 Å². The van der Waals surface area contributed by atoms with E-state index in [-0.39, 0.29) is 12.1 Å². The molecule has 3 aliphatic rings. The summed E-state index contributed by atoms with van der Waals surface area (Å²) in [6.07, 6.45) is 11.5. The molecule has 0 aromatic heterocycles. The third-order valence-electron chi connectivity index (χ3n) is 5.58. The molecule has 4 nitrogen and oxygen atoms in total. The molecule has 0 saturated carbocycles. The molecule has 0 bridgehead atoms. The van der Waals surface area contributed by atoms with E-state index in [0.29, 0.717) is 6.54 Å². The first-order chi connectivity index (χ1) is 12.0. The molecule has 25 heavy (non-hydrogen) atoms. The fourth-order valence-electron chi connectivity index (χ4n) is 4.37. The van der Waals surface area contributed by atoms with Gasteiger partial charge >= 0.3 is 154 Å². The van der Waals surface area contributed by atoms with E-state index in [1.165, 1.54) is 6.16 Å². The summed E-state index contributed by atoms with van der Waals surface area (Å²) < 4.78 is 0. The quantitative estimate of drug-likeness (QED) is 0.553. The number of nitrogens with zero attached hydrogens (tertiary/aromatic N) is 3. The molecule has 1 spiro atoms. The summed E-state index contributed by atoms with van der Waals surface area (Å²) in [6.45, 7) is 3.88. The van der Waals surface area contributed by atoms with Crippen molar-refractivity contribution < 1.29 is 4.79 Å². The Morgan fingerprint density at radius 2 is 2.28 bits per heavy atom. The van der Waals surface area contributed by atoms with E-state index >= 15 is 0 Å². The van der Waals surface area contributed by atoms with Crippen LogP contribution in [0.5, 0.6) is 0 Å². The molecule has 1 aromatic rings. The summed E-state index contributed by atoms with van der Waals surface area (Å²) in [5.41, 5.74) is 2.16. The first-order valence-corrected chi connectivity index (χ1v) is 11.8. The van der Waals surface area contributed by atoms with Gasteiger partial charge in [-0.15, -0.1) is 0 Å². The molecule has 4 rings (SSSR count). The Labute approximate surface area is 154 Å². The van der Waals surface area contributed by atoms with Crippen molar-refractivity contribution in [3.8, 4) is 12.3 Å². The number of rotatable bonds is 1. The molecule has 6 heteroatoms. The van der Waals surface area contributed by atoms with Gasteiger partial charge in [0.05, 0.1) is 0 Å². The van der Waals surface area contributed by atoms with Gasteiger partial charge < -0.3 is 0 Å². The van der Waals surface area contributed by atoms with Gasteiger partial charge in [-0.2, -0.15) is 0 Å². The monoisotopic (exact) mass is 375 g/mol. The Bertz CT molecular complexity index is 789.